The predicted molar refractivity (Wildman–Crippen MR) is 107 cm³/mol. The summed E-state index contributed by atoms with van der Waals surface area (Å²) in [5, 5.41) is 7.84. The molecule has 1 aromatic heterocycles. The van der Waals surface area contributed by atoms with Crippen LogP contribution < -0.4 is 10.1 Å². The molecule has 0 aliphatic carbocycles. The topological polar surface area (TPSA) is 39.1 Å². The van der Waals surface area contributed by atoms with Crippen LogP contribution in [0.25, 0.3) is 11.1 Å². The van der Waals surface area contributed by atoms with Gasteiger partial charge in [0.25, 0.3) is 0 Å². The Morgan fingerprint density at radius 1 is 1.07 bits per heavy atom. The van der Waals surface area contributed by atoms with Crippen LogP contribution in [0.3, 0.4) is 0 Å². The second-order valence-corrected chi connectivity index (χ2v) is 6.61. The molecular weight excluding hydrogens is 365 g/mol. The zero-order valence-corrected chi connectivity index (χ0v) is 15.8. The Bertz CT molecular complexity index is 863. The van der Waals surface area contributed by atoms with E-state index in [0.29, 0.717) is 12.6 Å². The number of rotatable bonds is 5. The summed E-state index contributed by atoms with van der Waals surface area (Å²) in [6.45, 7) is 2.38. The molecule has 1 aliphatic rings. The number of aromatic nitrogens is 2. The van der Waals surface area contributed by atoms with Gasteiger partial charge in [-0.2, -0.15) is 5.10 Å². The molecule has 4 nitrogen and oxygen atoms in total. The van der Waals surface area contributed by atoms with Gasteiger partial charge < -0.3 is 10.1 Å². The Morgan fingerprint density at radius 2 is 1.85 bits per heavy atom. The molecule has 1 N–H and O–H groups in total. The van der Waals surface area contributed by atoms with Crippen LogP contribution >= 0.6 is 12.4 Å². The van der Waals surface area contributed by atoms with E-state index in [0.717, 1.165) is 42.6 Å². The molecule has 0 atom stereocenters. The fourth-order valence-electron chi connectivity index (χ4n) is 3.29. The van der Waals surface area contributed by atoms with Gasteiger partial charge in [-0.3, -0.25) is 4.68 Å². The first-order valence-electron chi connectivity index (χ1n) is 9.01. The summed E-state index contributed by atoms with van der Waals surface area (Å²) in [5.74, 6) is -0.0867. The number of hydrogen-bond donors (Lipinski definition) is 1. The molecule has 142 valence electrons. The maximum atomic E-state index is 14.4. The van der Waals surface area contributed by atoms with Gasteiger partial charge in [-0.15, -0.1) is 12.4 Å². The monoisotopic (exact) mass is 387 g/mol. The summed E-state index contributed by atoms with van der Waals surface area (Å²) in [4.78, 5) is 0. The summed E-state index contributed by atoms with van der Waals surface area (Å²) < 4.78 is 22.1. The average Bonchev–Trinajstić information content (AvgIpc) is 3.19. The van der Waals surface area contributed by atoms with Gasteiger partial charge in [0, 0.05) is 11.8 Å². The van der Waals surface area contributed by atoms with Gasteiger partial charge in [-0.1, -0.05) is 36.4 Å². The molecule has 0 bridgehead atoms. The standard InChI is InChI=1S/C21H22FN3O.ClH/c22-20-12-17(6-7-21(20)26-15-16-4-2-1-3-5-16)18-13-24-25(14-18)19-8-10-23-11-9-19;/h1-7,12-14,19,23H,8-11,15H2;1H. The highest BCUT2D eigenvalue weighted by molar-refractivity contribution is 5.85. The fourth-order valence-corrected chi connectivity index (χ4v) is 3.29. The summed E-state index contributed by atoms with van der Waals surface area (Å²) in [6, 6.07) is 15.3. The van der Waals surface area contributed by atoms with Crippen LogP contribution in [0.15, 0.2) is 60.9 Å². The molecular formula is C21H23ClFN3O. The minimum Gasteiger partial charge on any atom is -0.486 e. The highest BCUT2D eigenvalue weighted by Crippen LogP contribution is 2.27. The summed E-state index contributed by atoms with van der Waals surface area (Å²) in [7, 11) is 0. The SMILES string of the molecule is Cl.Fc1cc(-c2cnn(C3CCNCC3)c2)ccc1OCc1ccccc1. The number of benzene rings is 2. The van der Waals surface area contributed by atoms with E-state index in [-0.39, 0.29) is 24.0 Å². The van der Waals surface area contributed by atoms with Crippen molar-refractivity contribution in [3.05, 3.63) is 72.3 Å². The van der Waals surface area contributed by atoms with Gasteiger partial charge in [0.2, 0.25) is 0 Å². The minimum absolute atomic E-state index is 0. The Labute approximate surface area is 164 Å². The highest BCUT2D eigenvalue weighted by Gasteiger charge is 2.16. The van der Waals surface area contributed by atoms with E-state index in [4.69, 9.17) is 4.74 Å². The maximum absolute atomic E-state index is 14.4. The number of ether oxygens (including phenoxy) is 1. The summed E-state index contributed by atoms with van der Waals surface area (Å²) in [5.41, 5.74) is 2.76. The lowest BCUT2D eigenvalue weighted by atomic mass is 10.1. The van der Waals surface area contributed by atoms with Gasteiger partial charge in [0.15, 0.2) is 11.6 Å². The van der Waals surface area contributed by atoms with E-state index in [2.05, 4.69) is 10.4 Å². The minimum atomic E-state index is -0.354. The molecule has 6 heteroatoms. The Kier molecular flexibility index (Phi) is 6.48. The molecule has 27 heavy (non-hydrogen) atoms. The summed E-state index contributed by atoms with van der Waals surface area (Å²) >= 11 is 0. The average molecular weight is 388 g/mol. The first-order valence-corrected chi connectivity index (χ1v) is 9.01. The van der Waals surface area contributed by atoms with Crippen molar-refractivity contribution in [3.8, 4) is 16.9 Å². The normalized spacial score (nSPS) is 14.6. The molecule has 2 heterocycles. The second kappa shape index (κ2) is 9.02. The Morgan fingerprint density at radius 3 is 2.59 bits per heavy atom. The van der Waals surface area contributed by atoms with E-state index in [9.17, 15) is 4.39 Å². The lowest BCUT2D eigenvalue weighted by Crippen LogP contribution is -2.29. The zero-order valence-electron chi connectivity index (χ0n) is 15.0. The van der Waals surface area contributed by atoms with Crippen LogP contribution in [0.1, 0.15) is 24.4 Å². The van der Waals surface area contributed by atoms with Crippen molar-refractivity contribution in [1.29, 1.82) is 0 Å². The van der Waals surface area contributed by atoms with Crippen molar-refractivity contribution >= 4 is 12.4 Å². The van der Waals surface area contributed by atoms with Crippen LogP contribution in [-0.4, -0.2) is 22.9 Å². The lowest BCUT2D eigenvalue weighted by molar-refractivity contribution is 0.290. The van der Waals surface area contributed by atoms with Crippen molar-refractivity contribution in [3.63, 3.8) is 0 Å². The van der Waals surface area contributed by atoms with E-state index in [1.165, 1.54) is 6.07 Å². The van der Waals surface area contributed by atoms with Gasteiger partial charge in [-0.05, 0) is 49.2 Å². The van der Waals surface area contributed by atoms with E-state index in [1.807, 2.05) is 47.3 Å². The number of hydrogen-bond acceptors (Lipinski definition) is 3. The van der Waals surface area contributed by atoms with Crippen LogP contribution in [0.4, 0.5) is 4.39 Å². The van der Waals surface area contributed by atoms with Crippen molar-refractivity contribution in [2.45, 2.75) is 25.5 Å². The molecule has 0 saturated carbocycles. The molecule has 0 spiro atoms. The highest BCUT2D eigenvalue weighted by atomic mass is 35.5. The zero-order chi connectivity index (χ0) is 17.8. The molecule has 1 saturated heterocycles. The molecule has 1 fully saturated rings. The van der Waals surface area contributed by atoms with E-state index < -0.39 is 0 Å². The van der Waals surface area contributed by atoms with Gasteiger partial charge in [0.1, 0.15) is 6.61 Å². The van der Waals surface area contributed by atoms with Crippen molar-refractivity contribution in [2.24, 2.45) is 0 Å². The van der Waals surface area contributed by atoms with E-state index in [1.54, 1.807) is 12.3 Å². The van der Waals surface area contributed by atoms with Crippen LogP contribution in [0.5, 0.6) is 5.75 Å². The van der Waals surface area contributed by atoms with Crippen LogP contribution in [0, 0.1) is 5.82 Å². The third-order valence-corrected chi connectivity index (χ3v) is 4.79. The largest absolute Gasteiger partial charge is 0.486 e. The summed E-state index contributed by atoms with van der Waals surface area (Å²) in [6.07, 6.45) is 5.96. The molecule has 1 aliphatic heterocycles. The van der Waals surface area contributed by atoms with Crippen molar-refractivity contribution < 1.29 is 9.13 Å². The smallest absolute Gasteiger partial charge is 0.165 e. The van der Waals surface area contributed by atoms with Crippen molar-refractivity contribution in [1.82, 2.24) is 15.1 Å². The van der Waals surface area contributed by atoms with Gasteiger partial charge in [0.05, 0.1) is 12.2 Å². The van der Waals surface area contributed by atoms with E-state index >= 15 is 0 Å². The lowest BCUT2D eigenvalue weighted by Gasteiger charge is -2.22. The maximum Gasteiger partial charge on any atom is 0.165 e. The first-order chi connectivity index (χ1) is 12.8. The number of nitrogens with one attached hydrogen (secondary N) is 1. The first kappa shape index (κ1) is 19.4. The van der Waals surface area contributed by atoms with Crippen molar-refractivity contribution in [2.75, 3.05) is 13.1 Å². The molecule has 3 aromatic rings. The molecule has 2 aromatic carbocycles. The number of halogens is 2. The molecule has 0 unspecified atom stereocenters. The molecule has 4 rings (SSSR count). The Balaban J connectivity index is 0.00000210. The van der Waals surface area contributed by atoms with Gasteiger partial charge in [-0.25, -0.2) is 4.39 Å². The van der Waals surface area contributed by atoms with Crippen LogP contribution in [0.2, 0.25) is 0 Å². The predicted octanol–water partition coefficient (Wildman–Crippen LogP) is 4.61. The number of nitrogens with zero attached hydrogens (tertiary/aromatic N) is 2. The fraction of sp³-hybridized carbons (Fsp3) is 0.286. The second-order valence-electron chi connectivity index (χ2n) is 6.61. The molecule has 0 amide bonds. The Hall–Kier alpha value is -2.37. The van der Waals surface area contributed by atoms with Crippen LogP contribution in [-0.2, 0) is 6.61 Å². The molecule has 0 radical (unpaired) electrons. The third kappa shape index (κ3) is 4.67. The van der Waals surface area contributed by atoms with Gasteiger partial charge >= 0.3 is 0 Å². The number of piperidine rings is 1. The third-order valence-electron chi connectivity index (χ3n) is 4.79. The quantitative estimate of drug-likeness (QED) is 0.694.